The van der Waals surface area contributed by atoms with Gasteiger partial charge in [-0.1, -0.05) is 17.3 Å². The minimum atomic E-state index is -0.0387. The number of amides is 1. The smallest absolute Gasteiger partial charge is 0.234 e. The SMILES string of the molecule is CSCC(=O)Nc1cccc(C(C)=NO)c1. The molecule has 0 bridgehead atoms. The van der Waals surface area contributed by atoms with Crippen LogP contribution in [0.25, 0.3) is 0 Å². The molecule has 0 aliphatic heterocycles. The molecule has 0 fully saturated rings. The second kappa shape index (κ2) is 6.17. The van der Waals surface area contributed by atoms with Crippen molar-refractivity contribution < 1.29 is 10.0 Å². The van der Waals surface area contributed by atoms with Gasteiger partial charge in [-0.25, -0.2) is 0 Å². The number of nitrogens with zero attached hydrogens (tertiary/aromatic N) is 1. The van der Waals surface area contributed by atoms with Gasteiger partial charge < -0.3 is 10.5 Å². The summed E-state index contributed by atoms with van der Waals surface area (Å²) in [6, 6.07) is 7.19. The first kappa shape index (κ1) is 12.6. The third kappa shape index (κ3) is 3.58. The van der Waals surface area contributed by atoms with Crippen LogP contribution in [0.15, 0.2) is 29.4 Å². The average Bonchev–Trinajstić information content (AvgIpc) is 2.28. The Kier molecular flexibility index (Phi) is 4.85. The molecule has 1 aromatic rings. The summed E-state index contributed by atoms with van der Waals surface area (Å²) in [4.78, 5) is 11.4. The van der Waals surface area contributed by atoms with E-state index >= 15 is 0 Å². The molecule has 0 aromatic heterocycles. The zero-order chi connectivity index (χ0) is 12.0. The second-order valence-corrected chi connectivity index (χ2v) is 4.11. The van der Waals surface area contributed by atoms with Gasteiger partial charge in [-0.05, 0) is 25.3 Å². The minimum absolute atomic E-state index is 0.0387. The van der Waals surface area contributed by atoms with Crippen LogP contribution >= 0.6 is 11.8 Å². The van der Waals surface area contributed by atoms with Crippen LogP contribution in [0.5, 0.6) is 0 Å². The molecule has 0 aliphatic rings. The van der Waals surface area contributed by atoms with Gasteiger partial charge in [0.05, 0.1) is 11.5 Å². The Labute approximate surface area is 98.7 Å². The maximum Gasteiger partial charge on any atom is 0.234 e. The first-order valence-corrected chi connectivity index (χ1v) is 6.14. The normalized spacial score (nSPS) is 11.2. The molecule has 0 atom stereocenters. The Bertz CT molecular complexity index is 405. The van der Waals surface area contributed by atoms with Gasteiger partial charge in [0, 0.05) is 11.3 Å². The molecule has 1 aromatic carbocycles. The summed E-state index contributed by atoms with van der Waals surface area (Å²) in [5.74, 6) is 0.389. The lowest BCUT2D eigenvalue weighted by Gasteiger charge is -2.05. The fourth-order valence-electron chi connectivity index (χ4n) is 1.21. The first-order chi connectivity index (χ1) is 7.67. The molecule has 86 valence electrons. The summed E-state index contributed by atoms with van der Waals surface area (Å²) in [5.41, 5.74) is 2.00. The van der Waals surface area contributed by atoms with Crippen molar-refractivity contribution in [2.45, 2.75) is 6.92 Å². The molecule has 0 radical (unpaired) electrons. The van der Waals surface area contributed by atoms with Gasteiger partial charge in [0.15, 0.2) is 0 Å². The predicted molar refractivity (Wildman–Crippen MR) is 67.5 cm³/mol. The van der Waals surface area contributed by atoms with E-state index < -0.39 is 0 Å². The summed E-state index contributed by atoms with van der Waals surface area (Å²) in [6.07, 6.45) is 1.87. The van der Waals surface area contributed by atoms with E-state index in [2.05, 4.69) is 10.5 Å². The third-order valence-corrected chi connectivity index (χ3v) is 2.54. The number of thioether (sulfide) groups is 1. The highest BCUT2D eigenvalue weighted by atomic mass is 32.2. The molecule has 1 amide bonds. The van der Waals surface area contributed by atoms with Crippen LogP contribution in [-0.2, 0) is 4.79 Å². The Morgan fingerprint density at radius 1 is 1.56 bits per heavy atom. The number of nitrogens with one attached hydrogen (secondary N) is 1. The number of hydrogen-bond donors (Lipinski definition) is 2. The van der Waals surface area contributed by atoms with Crippen LogP contribution in [0.4, 0.5) is 5.69 Å². The molecular weight excluding hydrogens is 224 g/mol. The van der Waals surface area contributed by atoms with Crippen molar-refractivity contribution in [3.8, 4) is 0 Å². The van der Waals surface area contributed by atoms with Crippen LogP contribution in [0, 0.1) is 0 Å². The van der Waals surface area contributed by atoms with E-state index in [4.69, 9.17) is 5.21 Å². The maximum absolute atomic E-state index is 11.4. The number of carbonyl (C=O) groups excluding carboxylic acids is 1. The van der Waals surface area contributed by atoms with E-state index in [1.54, 1.807) is 25.1 Å². The van der Waals surface area contributed by atoms with Crippen LogP contribution in [-0.4, -0.2) is 28.8 Å². The zero-order valence-electron chi connectivity index (χ0n) is 9.23. The second-order valence-electron chi connectivity index (χ2n) is 3.25. The highest BCUT2D eigenvalue weighted by Crippen LogP contribution is 2.12. The van der Waals surface area contributed by atoms with Crippen LogP contribution in [0.2, 0.25) is 0 Å². The summed E-state index contributed by atoms with van der Waals surface area (Å²) < 4.78 is 0. The van der Waals surface area contributed by atoms with Crippen molar-refractivity contribution in [3.63, 3.8) is 0 Å². The summed E-state index contributed by atoms with van der Waals surface area (Å²) >= 11 is 1.47. The van der Waals surface area contributed by atoms with Gasteiger partial charge in [0.2, 0.25) is 5.91 Å². The predicted octanol–water partition coefficient (Wildman–Crippen LogP) is 2.19. The van der Waals surface area contributed by atoms with Crippen molar-refractivity contribution in [2.24, 2.45) is 5.16 Å². The molecule has 0 spiro atoms. The number of hydrogen-bond acceptors (Lipinski definition) is 4. The van der Waals surface area contributed by atoms with Gasteiger partial charge in [-0.3, -0.25) is 4.79 Å². The number of carbonyl (C=O) groups is 1. The topological polar surface area (TPSA) is 61.7 Å². The Morgan fingerprint density at radius 2 is 2.31 bits per heavy atom. The quantitative estimate of drug-likeness (QED) is 0.480. The van der Waals surface area contributed by atoms with E-state index in [0.29, 0.717) is 17.2 Å². The van der Waals surface area contributed by atoms with Crippen molar-refractivity contribution in [1.29, 1.82) is 0 Å². The zero-order valence-corrected chi connectivity index (χ0v) is 10.0. The Hall–Kier alpha value is -1.49. The molecule has 16 heavy (non-hydrogen) atoms. The Balaban J connectivity index is 2.79. The number of oxime groups is 1. The number of benzene rings is 1. The summed E-state index contributed by atoms with van der Waals surface area (Å²) in [5, 5.41) is 14.5. The lowest BCUT2D eigenvalue weighted by Crippen LogP contribution is -2.14. The molecule has 1 rings (SSSR count). The third-order valence-electron chi connectivity index (χ3n) is 1.99. The average molecular weight is 238 g/mol. The molecule has 2 N–H and O–H groups in total. The van der Waals surface area contributed by atoms with Gasteiger partial charge in [-0.15, -0.1) is 0 Å². The maximum atomic E-state index is 11.4. The molecule has 5 heteroatoms. The first-order valence-electron chi connectivity index (χ1n) is 4.75. The van der Waals surface area contributed by atoms with E-state index in [-0.39, 0.29) is 5.91 Å². The molecular formula is C11H14N2O2S. The molecule has 0 unspecified atom stereocenters. The Morgan fingerprint density at radius 3 is 2.94 bits per heavy atom. The number of anilines is 1. The van der Waals surface area contributed by atoms with E-state index in [1.165, 1.54) is 11.8 Å². The van der Waals surface area contributed by atoms with E-state index in [1.807, 2.05) is 12.3 Å². The van der Waals surface area contributed by atoms with Gasteiger partial charge >= 0.3 is 0 Å². The highest BCUT2D eigenvalue weighted by Gasteiger charge is 2.03. The standard InChI is InChI=1S/C11H14N2O2S/c1-8(13-15)9-4-3-5-10(6-9)12-11(14)7-16-2/h3-6,15H,7H2,1-2H3,(H,12,14). The summed E-state index contributed by atoms with van der Waals surface area (Å²) in [7, 11) is 0. The van der Waals surface area contributed by atoms with E-state index in [9.17, 15) is 4.79 Å². The molecule has 0 saturated carbocycles. The van der Waals surface area contributed by atoms with Crippen molar-refractivity contribution in [1.82, 2.24) is 0 Å². The number of rotatable bonds is 4. The van der Waals surface area contributed by atoms with E-state index in [0.717, 1.165) is 5.56 Å². The van der Waals surface area contributed by atoms with Crippen molar-refractivity contribution in [3.05, 3.63) is 29.8 Å². The molecule has 0 heterocycles. The fraction of sp³-hybridized carbons (Fsp3) is 0.273. The van der Waals surface area contributed by atoms with Crippen LogP contribution in [0.1, 0.15) is 12.5 Å². The van der Waals surface area contributed by atoms with Gasteiger partial charge in [0.1, 0.15) is 0 Å². The van der Waals surface area contributed by atoms with Gasteiger partial charge in [-0.2, -0.15) is 11.8 Å². The largest absolute Gasteiger partial charge is 0.411 e. The van der Waals surface area contributed by atoms with Crippen molar-refractivity contribution in [2.75, 3.05) is 17.3 Å². The van der Waals surface area contributed by atoms with Gasteiger partial charge in [0.25, 0.3) is 0 Å². The van der Waals surface area contributed by atoms with Crippen LogP contribution in [0.3, 0.4) is 0 Å². The molecule has 4 nitrogen and oxygen atoms in total. The lowest BCUT2D eigenvalue weighted by molar-refractivity contribution is -0.113. The molecule has 0 saturated heterocycles. The van der Waals surface area contributed by atoms with Crippen LogP contribution < -0.4 is 5.32 Å². The lowest BCUT2D eigenvalue weighted by atomic mass is 10.1. The molecule has 0 aliphatic carbocycles. The summed E-state index contributed by atoms with van der Waals surface area (Å²) in [6.45, 7) is 1.70. The van der Waals surface area contributed by atoms with Crippen molar-refractivity contribution >= 4 is 29.1 Å². The monoisotopic (exact) mass is 238 g/mol. The minimum Gasteiger partial charge on any atom is -0.411 e. The fourth-order valence-corrected chi connectivity index (χ4v) is 1.54. The highest BCUT2D eigenvalue weighted by molar-refractivity contribution is 7.99.